The van der Waals surface area contributed by atoms with Crippen molar-refractivity contribution in [3.63, 3.8) is 0 Å². The van der Waals surface area contributed by atoms with Gasteiger partial charge in [0.25, 0.3) is 0 Å². The lowest BCUT2D eigenvalue weighted by atomic mass is 9.85. The van der Waals surface area contributed by atoms with E-state index in [0.29, 0.717) is 0 Å². The van der Waals surface area contributed by atoms with Crippen LogP contribution in [0.1, 0.15) is 43.5 Å². The zero-order chi connectivity index (χ0) is 13.1. The number of benzene rings is 1. The lowest BCUT2D eigenvalue weighted by molar-refractivity contribution is 0.130. The molecule has 0 aliphatic heterocycles. The summed E-state index contributed by atoms with van der Waals surface area (Å²) in [5, 5.41) is 11.3. The molecule has 1 aliphatic rings. The lowest BCUT2D eigenvalue weighted by Gasteiger charge is -2.23. The van der Waals surface area contributed by atoms with Gasteiger partial charge in [-0.15, -0.1) is 11.3 Å². The molecule has 1 unspecified atom stereocenters. The fourth-order valence-electron chi connectivity index (χ4n) is 3.10. The summed E-state index contributed by atoms with van der Waals surface area (Å²) in [6.45, 7) is 0. The lowest BCUT2D eigenvalue weighted by Crippen LogP contribution is -2.18. The first-order valence-electron chi connectivity index (χ1n) is 7.34. The highest BCUT2D eigenvalue weighted by molar-refractivity contribution is 7.18. The van der Waals surface area contributed by atoms with E-state index in [4.69, 9.17) is 0 Å². The van der Waals surface area contributed by atoms with Crippen molar-refractivity contribution in [1.82, 2.24) is 4.98 Å². The number of hydrogen-bond acceptors (Lipinski definition) is 3. The van der Waals surface area contributed by atoms with Crippen LogP contribution in [0, 0.1) is 5.92 Å². The molecular formula is C16H21NOS. The summed E-state index contributed by atoms with van der Waals surface area (Å²) in [6.07, 6.45) is 8.13. The maximum absolute atomic E-state index is 10.2. The van der Waals surface area contributed by atoms with Gasteiger partial charge in [-0.1, -0.05) is 44.2 Å². The van der Waals surface area contributed by atoms with E-state index in [9.17, 15) is 5.11 Å². The molecule has 0 amide bonds. The number of nitrogens with zero attached hydrogens (tertiary/aromatic N) is 1. The van der Waals surface area contributed by atoms with Crippen LogP contribution in [0.15, 0.2) is 24.3 Å². The van der Waals surface area contributed by atoms with Crippen LogP contribution in [0.4, 0.5) is 0 Å². The molecule has 1 aliphatic carbocycles. The summed E-state index contributed by atoms with van der Waals surface area (Å²) in [5.41, 5.74) is 1.06. The second-order valence-corrected chi connectivity index (χ2v) is 6.79. The Morgan fingerprint density at radius 1 is 1.21 bits per heavy atom. The van der Waals surface area contributed by atoms with Crippen molar-refractivity contribution < 1.29 is 5.11 Å². The Kier molecular flexibility index (Phi) is 4.14. The van der Waals surface area contributed by atoms with Gasteiger partial charge in [-0.2, -0.15) is 0 Å². The molecule has 1 aromatic carbocycles. The molecule has 1 aromatic heterocycles. The van der Waals surface area contributed by atoms with Crippen molar-refractivity contribution in [1.29, 1.82) is 0 Å². The van der Waals surface area contributed by atoms with Gasteiger partial charge in [-0.05, 0) is 24.5 Å². The minimum Gasteiger partial charge on any atom is -0.393 e. The molecule has 0 saturated heterocycles. The molecular weight excluding hydrogens is 254 g/mol. The molecule has 0 spiro atoms. The van der Waals surface area contributed by atoms with E-state index in [1.165, 1.54) is 36.8 Å². The highest BCUT2D eigenvalue weighted by Gasteiger charge is 2.18. The number of para-hydroxylation sites is 1. The summed E-state index contributed by atoms with van der Waals surface area (Å²) in [5.74, 6) is 0.734. The van der Waals surface area contributed by atoms with E-state index < -0.39 is 0 Å². The number of fused-ring (bicyclic) bond motifs is 1. The molecule has 1 N–H and O–H groups in total. The minimum atomic E-state index is -0.219. The van der Waals surface area contributed by atoms with E-state index in [1.807, 2.05) is 18.2 Å². The van der Waals surface area contributed by atoms with Gasteiger partial charge in [0.05, 0.1) is 21.3 Å². The first-order valence-corrected chi connectivity index (χ1v) is 8.15. The zero-order valence-corrected chi connectivity index (χ0v) is 12.0. The van der Waals surface area contributed by atoms with Gasteiger partial charge in [-0.3, -0.25) is 0 Å². The molecule has 1 saturated carbocycles. The summed E-state index contributed by atoms with van der Waals surface area (Å²) in [6, 6.07) is 8.21. The van der Waals surface area contributed by atoms with Crippen molar-refractivity contribution in [2.24, 2.45) is 5.92 Å². The number of rotatable bonds is 4. The van der Waals surface area contributed by atoms with Crippen molar-refractivity contribution in [2.45, 2.75) is 51.0 Å². The van der Waals surface area contributed by atoms with Crippen molar-refractivity contribution in [3.05, 3.63) is 29.3 Å². The Morgan fingerprint density at radius 2 is 2.00 bits per heavy atom. The molecule has 2 nitrogen and oxygen atoms in total. The Bertz CT molecular complexity index is 497. The van der Waals surface area contributed by atoms with Gasteiger partial charge in [0.1, 0.15) is 0 Å². The van der Waals surface area contributed by atoms with Crippen LogP contribution in [0.25, 0.3) is 10.2 Å². The molecule has 3 rings (SSSR count). The largest absolute Gasteiger partial charge is 0.393 e. The first kappa shape index (κ1) is 13.1. The third kappa shape index (κ3) is 3.34. The van der Waals surface area contributed by atoms with E-state index in [0.717, 1.165) is 29.3 Å². The van der Waals surface area contributed by atoms with E-state index in [2.05, 4.69) is 11.1 Å². The average molecular weight is 275 g/mol. The molecule has 3 heteroatoms. The number of hydrogen-bond donors (Lipinski definition) is 1. The Balaban J connectivity index is 1.60. The Hall–Kier alpha value is -0.930. The summed E-state index contributed by atoms with van der Waals surface area (Å²) in [7, 11) is 0. The maximum atomic E-state index is 10.2. The minimum absolute atomic E-state index is 0.219. The van der Waals surface area contributed by atoms with E-state index in [-0.39, 0.29) is 6.10 Å². The molecule has 1 heterocycles. The average Bonchev–Trinajstić information content (AvgIpc) is 2.81. The van der Waals surface area contributed by atoms with Crippen LogP contribution >= 0.6 is 11.3 Å². The smallest absolute Gasteiger partial charge is 0.0964 e. The van der Waals surface area contributed by atoms with Crippen LogP contribution in [-0.2, 0) is 6.42 Å². The van der Waals surface area contributed by atoms with Crippen LogP contribution in [0.2, 0.25) is 0 Å². The molecule has 1 fully saturated rings. The summed E-state index contributed by atoms with van der Waals surface area (Å²) >= 11 is 1.72. The van der Waals surface area contributed by atoms with Crippen LogP contribution < -0.4 is 0 Å². The molecule has 0 radical (unpaired) electrons. The van der Waals surface area contributed by atoms with Gasteiger partial charge < -0.3 is 5.11 Å². The van der Waals surface area contributed by atoms with E-state index >= 15 is 0 Å². The quantitative estimate of drug-likeness (QED) is 0.908. The Morgan fingerprint density at radius 3 is 2.79 bits per heavy atom. The highest BCUT2D eigenvalue weighted by Crippen LogP contribution is 2.29. The second-order valence-electron chi connectivity index (χ2n) is 5.67. The van der Waals surface area contributed by atoms with Crippen LogP contribution in [0.5, 0.6) is 0 Å². The molecule has 0 bridgehead atoms. The number of aliphatic hydroxyl groups is 1. The maximum Gasteiger partial charge on any atom is 0.0964 e. The fraction of sp³-hybridized carbons (Fsp3) is 0.562. The van der Waals surface area contributed by atoms with Crippen molar-refractivity contribution >= 4 is 21.6 Å². The van der Waals surface area contributed by atoms with Gasteiger partial charge in [0.15, 0.2) is 0 Å². The number of thiazole rings is 1. The predicted molar refractivity (Wildman–Crippen MR) is 80.5 cm³/mol. The molecule has 19 heavy (non-hydrogen) atoms. The normalized spacial score (nSPS) is 18.8. The zero-order valence-electron chi connectivity index (χ0n) is 11.2. The highest BCUT2D eigenvalue weighted by atomic mass is 32.1. The third-order valence-corrected chi connectivity index (χ3v) is 5.14. The van der Waals surface area contributed by atoms with E-state index in [1.54, 1.807) is 11.3 Å². The number of aliphatic hydroxyl groups excluding tert-OH is 1. The van der Waals surface area contributed by atoms with Crippen LogP contribution in [0.3, 0.4) is 0 Å². The van der Waals surface area contributed by atoms with Gasteiger partial charge >= 0.3 is 0 Å². The van der Waals surface area contributed by atoms with Crippen LogP contribution in [-0.4, -0.2) is 16.2 Å². The first-order chi connectivity index (χ1) is 9.31. The van der Waals surface area contributed by atoms with Gasteiger partial charge in [0.2, 0.25) is 0 Å². The third-order valence-electron chi connectivity index (χ3n) is 4.08. The standard InChI is InChI=1S/C16H21NOS/c18-13(10-12-6-2-1-3-7-12)11-16-17-14-8-4-5-9-15(14)19-16/h4-5,8-9,12-13,18H,1-3,6-7,10-11H2. The number of aromatic nitrogens is 1. The molecule has 2 aromatic rings. The second kappa shape index (κ2) is 6.02. The fourth-order valence-corrected chi connectivity index (χ4v) is 4.14. The van der Waals surface area contributed by atoms with Gasteiger partial charge in [-0.25, -0.2) is 4.98 Å². The summed E-state index contributed by atoms with van der Waals surface area (Å²) < 4.78 is 1.22. The molecule has 1 atom stereocenters. The van der Waals surface area contributed by atoms with Crippen molar-refractivity contribution in [3.8, 4) is 0 Å². The Labute approximate surface area is 118 Å². The summed E-state index contributed by atoms with van der Waals surface area (Å²) in [4.78, 5) is 4.60. The predicted octanol–water partition coefficient (Wildman–Crippen LogP) is 4.17. The molecule has 102 valence electrons. The van der Waals surface area contributed by atoms with Gasteiger partial charge in [0, 0.05) is 6.42 Å². The van der Waals surface area contributed by atoms with Crippen molar-refractivity contribution in [2.75, 3.05) is 0 Å². The monoisotopic (exact) mass is 275 g/mol. The SMILES string of the molecule is OC(Cc1nc2ccccc2s1)CC1CCCCC1. The topological polar surface area (TPSA) is 33.1 Å².